The summed E-state index contributed by atoms with van der Waals surface area (Å²) >= 11 is 1.88. The number of thioether (sulfide) groups is 1. The molecule has 1 nitrogen and oxygen atoms in total. The van der Waals surface area contributed by atoms with Crippen LogP contribution < -0.4 is 0 Å². The van der Waals surface area contributed by atoms with Gasteiger partial charge in [-0.15, -0.1) is 0 Å². The first-order chi connectivity index (χ1) is 3.88. The molecule has 0 bridgehead atoms. The Labute approximate surface area is 54.5 Å². The summed E-state index contributed by atoms with van der Waals surface area (Å²) in [5.74, 6) is 0.616. The Bertz CT molecular complexity index is 60.9. The van der Waals surface area contributed by atoms with Crippen molar-refractivity contribution in [2.45, 2.75) is 18.1 Å². The van der Waals surface area contributed by atoms with Gasteiger partial charge in [0.15, 0.2) is 0 Å². The third-order valence-corrected chi connectivity index (χ3v) is 3.11. The molecule has 0 saturated heterocycles. The molecule has 1 N–H and O–H groups in total. The highest BCUT2D eigenvalue weighted by molar-refractivity contribution is 7.99. The van der Waals surface area contributed by atoms with Crippen molar-refractivity contribution in [2.75, 3.05) is 12.9 Å². The summed E-state index contributed by atoms with van der Waals surface area (Å²) in [6.07, 6.45) is 4.67. The van der Waals surface area contributed by atoms with Crippen molar-refractivity contribution < 1.29 is 5.11 Å². The standard InChI is InChI=1S/C6H12OS/c1-8-6-3-2-5(6)4-7/h5-7H,2-4H2,1H3. The molecule has 0 amide bonds. The summed E-state index contributed by atoms with van der Waals surface area (Å²) in [6.45, 7) is 0.394. The SMILES string of the molecule is CSC1CCC1CO. The quantitative estimate of drug-likeness (QED) is 0.607. The molecular formula is C6H12OS. The maximum absolute atomic E-state index is 8.67. The molecule has 48 valence electrons. The van der Waals surface area contributed by atoms with E-state index in [0.717, 1.165) is 5.25 Å². The Balaban J connectivity index is 2.16. The lowest BCUT2D eigenvalue weighted by atomic mass is 9.85. The van der Waals surface area contributed by atoms with Gasteiger partial charge in [-0.05, 0) is 25.0 Å². The van der Waals surface area contributed by atoms with Crippen LogP contribution in [0.3, 0.4) is 0 Å². The van der Waals surface area contributed by atoms with Gasteiger partial charge in [0, 0.05) is 11.9 Å². The fraction of sp³-hybridized carbons (Fsp3) is 1.00. The highest BCUT2D eigenvalue weighted by Crippen LogP contribution is 2.35. The van der Waals surface area contributed by atoms with E-state index in [0.29, 0.717) is 12.5 Å². The van der Waals surface area contributed by atoms with E-state index in [9.17, 15) is 0 Å². The fourth-order valence-corrected chi connectivity index (χ4v) is 2.04. The average molecular weight is 132 g/mol. The van der Waals surface area contributed by atoms with Crippen molar-refractivity contribution in [1.29, 1.82) is 0 Å². The van der Waals surface area contributed by atoms with Gasteiger partial charge in [-0.25, -0.2) is 0 Å². The highest BCUT2D eigenvalue weighted by atomic mass is 32.2. The molecule has 0 aromatic rings. The summed E-state index contributed by atoms with van der Waals surface area (Å²) in [5.41, 5.74) is 0. The first-order valence-corrected chi connectivity index (χ1v) is 4.31. The van der Waals surface area contributed by atoms with Gasteiger partial charge in [0.1, 0.15) is 0 Å². The lowest BCUT2D eigenvalue weighted by Gasteiger charge is -2.33. The molecule has 0 aromatic heterocycles. The molecule has 1 saturated carbocycles. The van der Waals surface area contributed by atoms with Crippen LogP contribution in [0.2, 0.25) is 0 Å². The molecule has 1 fully saturated rings. The van der Waals surface area contributed by atoms with E-state index in [4.69, 9.17) is 5.11 Å². The second kappa shape index (κ2) is 2.74. The van der Waals surface area contributed by atoms with Crippen molar-refractivity contribution in [3.8, 4) is 0 Å². The zero-order valence-corrected chi connectivity index (χ0v) is 5.95. The largest absolute Gasteiger partial charge is 0.396 e. The molecule has 0 aromatic carbocycles. The Kier molecular flexibility index (Phi) is 2.20. The Hall–Kier alpha value is 0.310. The van der Waals surface area contributed by atoms with Gasteiger partial charge in [-0.2, -0.15) is 11.8 Å². The van der Waals surface area contributed by atoms with Crippen LogP contribution in [0.1, 0.15) is 12.8 Å². The van der Waals surface area contributed by atoms with E-state index in [1.807, 2.05) is 11.8 Å². The third-order valence-electron chi connectivity index (χ3n) is 1.89. The minimum Gasteiger partial charge on any atom is -0.396 e. The topological polar surface area (TPSA) is 20.2 Å². The predicted octanol–water partition coefficient (Wildman–Crippen LogP) is 1.12. The first kappa shape index (κ1) is 6.43. The molecule has 1 aliphatic rings. The van der Waals surface area contributed by atoms with Gasteiger partial charge in [-0.1, -0.05) is 0 Å². The number of rotatable bonds is 2. The molecule has 0 radical (unpaired) electrons. The van der Waals surface area contributed by atoms with Crippen LogP contribution in [0, 0.1) is 5.92 Å². The van der Waals surface area contributed by atoms with Gasteiger partial charge in [0.25, 0.3) is 0 Å². The van der Waals surface area contributed by atoms with E-state index in [1.54, 1.807) is 0 Å². The van der Waals surface area contributed by atoms with E-state index in [1.165, 1.54) is 12.8 Å². The highest BCUT2D eigenvalue weighted by Gasteiger charge is 2.28. The molecule has 1 rings (SSSR count). The van der Waals surface area contributed by atoms with Gasteiger partial charge >= 0.3 is 0 Å². The van der Waals surface area contributed by atoms with Gasteiger partial charge < -0.3 is 5.11 Å². The van der Waals surface area contributed by atoms with Crippen LogP contribution in [0.25, 0.3) is 0 Å². The van der Waals surface area contributed by atoms with Crippen molar-refractivity contribution >= 4 is 11.8 Å². The van der Waals surface area contributed by atoms with Crippen LogP contribution >= 0.6 is 11.8 Å². The predicted molar refractivity (Wildman–Crippen MR) is 37.1 cm³/mol. The van der Waals surface area contributed by atoms with E-state index >= 15 is 0 Å². The molecule has 1 aliphatic carbocycles. The molecule has 0 aliphatic heterocycles. The van der Waals surface area contributed by atoms with Crippen molar-refractivity contribution in [3.05, 3.63) is 0 Å². The number of hydrogen-bond acceptors (Lipinski definition) is 2. The number of hydrogen-bond donors (Lipinski definition) is 1. The van der Waals surface area contributed by atoms with Crippen LogP contribution in [0.15, 0.2) is 0 Å². The lowest BCUT2D eigenvalue weighted by molar-refractivity contribution is 0.170. The monoisotopic (exact) mass is 132 g/mol. The first-order valence-electron chi connectivity index (χ1n) is 3.02. The fourth-order valence-electron chi connectivity index (χ4n) is 1.06. The summed E-state index contributed by atoms with van der Waals surface area (Å²) < 4.78 is 0. The molecule has 0 heterocycles. The summed E-state index contributed by atoms with van der Waals surface area (Å²) in [6, 6.07) is 0. The van der Waals surface area contributed by atoms with Gasteiger partial charge in [-0.3, -0.25) is 0 Å². The van der Waals surface area contributed by atoms with Crippen molar-refractivity contribution in [1.82, 2.24) is 0 Å². The van der Waals surface area contributed by atoms with Gasteiger partial charge in [0.2, 0.25) is 0 Å². The van der Waals surface area contributed by atoms with Crippen molar-refractivity contribution in [3.63, 3.8) is 0 Å². The molecule has 2 heteroatoms. The van der Waals surface area contributed by atoms with Crippen LogP contribution in [0.5, 0.6) is 0 Å². The van der Waals surface area contributed by atoms with Crippen LogP contribution in [-0.2, 0) is 0 Å². The number of aliphatic hydroxyl groups is 1. The summed E-state index contributed by atoms with van der Waals surface area (Å²) in [4.78, 5) is 0. The molecule has 2 unspecified atom stereocenters. The van der Waals surface area contributed by atoms with E-state index in [-0.39, 0.29) is 0 Å². The minimum atomic E-state index is 0.394. The third kappa shape index (κ3) is 1.00. The number of aliphatic hydroxyl groups excluding tert-OH is 1. The van der Waals surface area contributed by atoms with E-state index in [2.05, 4.69) is 6.26 Å². The normalized spacial score (nSPS) is 36.8. The molecule has 0 spiro atoms. The Morgan fingerprint density at radius 3 is 2.50 bits per heavy atom. The zero-order valence-electron chi connectivity index (χ0n) is 5.13. The minimum absolute atomic E-state index is 0.394. The Morgan fingerprint density at radius 1 is 1.62 bits per heavy atom. The second-order valence-corrected chi connectivity index (χ2v) is 3.37. The zero-order chi connectivity index (χ0) is 5.98. The van der Waals surface area contributed by atoms with Gasteiger partial charge in [0.05, 0.1) is 0 Å². The summed E-state index contributed by atoms with van der Waals surface area (Å²) in [7, 11) is 0. The average Bonchev–Trinajstić information content (AvgIpc) is 1.66. The second-order valence-electron chi connectivity index (χ2n) is 2.29. The van der Waals surface area contributed by atoms with Crippen LogP contribution in [0.4, 0.5) is 0 Å². The smallest absolute Gasteiger partial charge is 0.0469 e. The molecular weight excluding hydrogens is 120 g/mol. The lowest BCUT2D eigenvalue weighted by Crippen LogP contribution is -2.30. The summed E-state index contributed by atoms with van der Waals surface area (Å²) in [5, 5.41) is 9.44. The molecule has 8 heavy (non-hydrogen) atoms. The van der Waals surface area contributed by atoms with Crippen molar-refractivity contribution in [2.24, 2.45) is 5.92 Å². The maximum Gasteiger partial charge on any atom is 0.0469 e. The molecule has 2 atom stereocenters. The van der Waals surface area contributed by atoms with Crippen LogP contribution in [-0.4, -0.2) is 23.2 Å². The maximum atomic E-state index is 8.67. The van der Waals surface area contributed by atoms with E-state index < -0.39 is 0 Å². The Morgan fingerprint density at radius 2 is 2.38 bits per heavy atom.